The van der Waals surface area contributed by atoms with E-state index < -0.39 is 0 Å². The van der Waals surface area contributed by atoms with Gasteiger partial charge in [-0.1, -0.05) is 0 Å². The van der Waals surface area contributed by atoms with E-state index in [9.17, 15) is 4.79 Å². The van der Waals surface area contributed by atoms with Crippen molar-refractivity contribution in [1.29, 1.82) is 0 Å². The van der Waals surface area contributed by atoms with Crippen LogP contribution in [-0.4, -0.2) is 25.5 Å². The summed E-state index contributed by atoms with van der Waals surface area (Å²) in [6.45, 7) is 3.84. The molecule has 0 amide bonds. The molecule has 116 valence electrons. The third-order valence-corrected chi connectivity index (χ3v) is 4.15. The monoisotopic (exact) mass is 308 g/mol. The van der Waals surface area contributed by atoms with Gasteiger partial charge >= 0.3 is 0 Å². The number of ketones is 1. The van der Waals surface area contributed by atoms with Crippen molar-refractivity contribution in [3.8, 4) is 5.95 Å². The average molecular weight is 308 g/mol. The lowest BCUT2D eigenvalue weighted by molar-refractivity contribution is 0.0959. The Balaban J connectivity index is 1.79. The SMILES string of the molecule is Cc1cc(C)nc(-n2ncc3c2C[C@@H](c2ccco2)CC3=O)n1. The summed E-state index contributed by atoms with van der Waals surface area (Å²) in [7, 11) is 0. The quantitative estimate of drug-likeness (QED) is 0.728. The van der Waals surface area contributed by atoms with Gasteiger partial charge in [-0.25, -0.2) is 14.6 Å². The van der Waals surface area contributed by atoms with Crippen LogP contribution in [0.1, 0.15) is 45.5 Å². The van der Waals surface area contributed by atoms with Crippen LogP contribution in [0, 0.1) is 13.8 Å². The molecular weight excluding hydrogens is 292 g/mol. The largest absolute Gasteiger partial charge is 0.469 e. The van der Waals surface area contributed by atoms with Gasteiger partial charge in [-0.3, -0.25) is 4.79 Å². The van der Waals surface area contributed by atoms with Crippen LogP contribution in [0.5, 0.6) is 0 Å². The Morgan fingerprint density at radius 2 is 2.00 bits per heavy atom. The third kappa shape index (κ3) is 2.36. The molecule has 4 rings (SSSR count). The van der Waals surface area contributed by atoms with Crippen LogP contribution in [0.3, 0.4) is 0 Å². The predicted molar refractivity (Wildman–Crippen MR) is 82.7 cm³/mol. The van der Waals surface area contributed by atoms with Crippen molar-refractivity contribution >= 4 is 5.78 Å². The van der Waals surface area contributed by atoms with Gasteiger partial charge in [0.25, 0.3) is 5.95 Å². The second-order valence-corrected chi connectivity index (χ2v) is 5.91. The zero-order chi connectivity index (χ0) is 16.0. The van der Waals surface area contributed by atoms with E-state index in [-0.39, 0.29) is 11.7 Å². The minimum Gasteiger partial charge on any atom is -0.469 e. The second-order valence-electron chi connectivity index (χ2n) is 5.91. The van der Waals surface area contributed by atoms with Gasteiger partial charge in [0.2, 0.25) is 0 Å². The number of furan rings is 1. The van der Waals surface area contributed by atoms with Gasteiger partial charge < -0.3 is 4.42 Å². The van der Waals surface area contributed by atoms with Gasteiger partial charge in [-0.2, -0.15) is 5.10 Å². The number of Topliss-reactive ketones (excluding diaryl/α,β-unsaturated/α-hetero) is 1. The zero-order valence-corrected chi connectivity index (χ0v) is 13.0. The van der Waals surface area contributed by atoms with Crippen molar-refractivity contribution in [2.45, 2.75) is 32.6 Å². The van der Waals surface area contributed by atoms with E-state index in [1.54, 1.807) is 17.1 Å². The molecule has 1 atom stereocenters. The van der Waals surface area contributed by atoms with Gasteiger partial charge in [0, 0.05) is 30.1 Å². The highest BCUT2D eigenvalue weighted by Crippen LogP contribution is 2.33. The van der Waals surface area contributed by atoms with Gasteiger partial charge in [-0.15, -0.1) is 0 Å². The number of aryl methyl sites for hydroxylation is 2. The Morgan fingerprint density at radius 1 is 1.22 bits per heavy atom. The lowest BCUT2D eigenvalue weighted by atomic mass is 9.85. The summed E-state index contributed by atoms with van der Waals surface area (Å²) < 4.78 is 7.17. The zero-order valence-electron chi connectivity index (χ0n) is 13.0. The maximum absolute atomic E-state index is 12.4. The molecule has 3 heterocycles. The fraction of sp³-hybridized carbons (Fsp3) is 0.294. The maximum Gasteiger partial charge on any atom is 0.251 e. The molecule has 6 heteroatoms. The molecule has 0 fully saturated rings. The lowest BCUT2D eigenvalue weighted by Crippen LogP contribution is -2.20. The van der Waals surface area contributed by atoms with E-state index in [2.05, 4.69) is 15.1 Å². The van der Waals surface area contributed by atoms with E-state index >= 15 is 0 Å². The number of hydrogen-bond donors (Lipinski definition) is 0. The van der Waals surface area contributed by atoms with Crippen molar-refractivity contribution in [3.63, 3.8) is 0 Å². The summed E-state index contributed by atoms with van der Waals surface area (Å²) in [5.74, 6) is 1.46. The molecule has 0 aliphatic heterocycles. The number of rotatable bonds is 2. The van der Waals surface area contributed by atoms with Crippen molar-refractivity contribution in [3.05, 3.63) is 59.1 Å². The van der Waals surface area contributed by atoms with E-state index in [0.717, 1.165) is 22.8 Å². The van der Waals surface area contributed by atoms with Crippen LogP contribution >= 0.6 is 0 Å². The topological polar surface area (TPSA) is 73.8 Å². The molecule has 0 saturated carbocycles. The van der Waals surface area contributed by atoms with Crippen LogP contribution in [-0.2, 0) is 6.42 Å². The van der Waals surface area contributed by atoms with Crippen LogP contribution < -0.4 is 0 Å². The molecule has 1 aliphatic carbocycles. The van der Waals surface area contributed by atoms with Crippen LogP contribution in [0.25, 0.3) is 5.95 Å². The first-order valence-electron chi connectivity index (χ1n) is 7.58. The van der Waals surface area contributed by atoms with E-state index in [1.807, 2.05) is 32.0 Å². The second kappa shape index (κ2) is 5.15. The van der Waals surface area contributed by atoms with Crippen molar-refractivity contribution in [2.75, 3.05) is 0 Å². The number of aromatic nitrogens is 4. The molecule has 1 aliphatic rings. The smallest absolute Gasteiger partial charge is 0.251 e. The highest BCUT2D eigenvalue weighted by molar-refractivity contribution is 5.98. The highest BCUT2D eigenvalue weighted by Gasteiger charge is 2.31. The Morgan fingerprint density at radius 3 is 2.70 bits per heavy atom. The fourth-order valence-corrected chi connectivity index (χ4v) is 3.14. The fourth-order valence-electron chi connectivity index (χ4n) is 3.14. The molecule has 0 spiro atoms. The van der Waals surface area contributed by atoms with E-state index in [4.69, 9.17) is 4.42 Å². The van der Waals surface area contributed by atoms with Crippen LogP contribution in [0.4, 0.5) is 0 Å². The Kier molecular flexibility index (Phi) is 3.11. The van der Waals surface area contributed by atoms with E-state index in [1.165, 1.54) is 0 Å². The number of carbonyl (C=O) groups excluding carboxylic acids is 1. The molecule has 0 unspecified atom stereocenters. The third-order valence-electron chi connectivity index (χ3n) is 4.15. The first kappa shape index (κ1) is 13.9. The minimum atomic E-state index is 0.0337. The lowest BCUT2D eigenvalue weighted by Gasteiger charge is -2.20. The highest BCUT2D eigenvalue weighted by atomic mass is 16.3. The predicted octanol–water partition coefficient (Wildman–Crippen LogP) is 2.78. The van der Waals surface area contributed by atoms with Gasteiger partial charge in [0.15, 0.2) is 5.78 Å². The minimum absolute atomic E-state index is 0.0337. The maximum atomic E-state index is 12.4. The molecule has 0 saturated heterocycles. The number of hydrogen-bond acceptors (Lipinski definition) is 5. The van der Waals surface area contributed by atoms with Crippen LogP contribution in [0.2, 0.25) is 0 Å². The van der Waals surface area contributed by atoms with Gasteiger partial charge in [0.05, 0.1) is 23.7 Å². The van der Waals surface area contributed by atoms with Gasteiger partial charge in [0.1, 0.15) is 5.76 Å². The Bertz CT molecular complexity index is 860. The van der Waals surface area contributed by atoms with Crippen molar-refractivity contribution in [2.24, 2.45) is 0 Å². The average Bonchev–Trinajstić information content (AvgIpc) is 3.15. The number of carbonyl (C=O) groups is 1. The molecule has 23 heavy (non-hydrogen) atoms. The molecule has 6 nitrogen and oxygen atoms in total. The molecule has 3 aromatic heterocycles. The Hall–Kier alpha value is -2.76. The van der Waals surface area contributed by atoms with E-state index in [0.29, 0.717) is 24.4 Å². The number of nitrogens with zero attached hydrogens (tertiary/aromatic N) is 4. The van der Waals surface area contributed by atoms with Crippen molar-refractivity contribution in [1.82, 2.24) is 19.7 Å². The number of fused-ring (bicyclic) bond motifs is 1. The van der Waals surface area contributed by atoms with Gasteiger partial charge in [-0.05, 0) is 32.0 Å². The van der Waals surface area contributed by atoms with Crippen molar-refractivity contribution < 1.29 is 9.21 Å². The summed E-state index contributed by atoms with van der Waals surface area (Å²) in [5, 5.41) is 4.36. The molecule has 0 bridgehead atoms. The summed E-state index contributed by atoms with van der Waals surface area (Å²) in [6.07, 6.45) is 4.39. The molecule has 0 radical (unpaired) electrons. The first-order valence-corrected chi connectivity index (χ1v) is 7.58. The Labute approximate surface area is 133 Å². The summed E-state index contributed by atoms with van der Waals surface area (Å²) in [6, 6.07) is 5.67. The summed E-state index contributed by atoms with van der Waals surface area (Å²) >= 11 is 0. The van der Waals surface area contributed by atoms with Crippen LogP contribution in [0.15, 0.2) is 35.1 Å². The normalized spacial score (nSPS) is 17.3. The first-order chi connectivity index (χ1) is 11.1. The summed E-state index contributed by atoms with van der Waals surface area (Å²) in [4.78, 5) is 21.3. The molecule has 3 aromatic rings. The molecule has 0 aromatic carbocycles. The molecule has 0 N–H and O–H groups in total. The standard InChI is InChI=1S/C17H16N4O2/c1-10-6-11(2)20-17(19-10)21-14-7-12(16-4-3-5-23-16)8-15(22)13(14)9-18-21/h3-6,9,12H,7-8H2,1-2H3/t12-/m1/s1. The summed E-state index contributed by atoms with van der Waals surface area (Å²) in [5.41, 5.74) is 3.27. The molecular formula is C17H16N4O2.